The van der Waals surface area contributed by atoms with Gasteiger partial charge in [-0.25, -0.2) is 4.79 Å². The number of fused-ring (bicyclic) bond motifs is 1. The standard InChI is InChI=1S/C15H15NO5/c1-20-12-4-2-3-10-5-11(15(19)21-13(10)12)14(18)16-6-9(7-16)8-17/h2-5,9,17H,6-8H2,1H3. The van der Waals surface area contributed by atoms with Gasteiger partial charge in [-0.05, 0) is 12.1 Å². The second-order valence-electron chi connectivity index (χ2n) is 5.08. The third kappa shape index (κ3) is 2.27. The summed E-state index contributed by atoms with van der Waals surface area (Å²) in [6.45, 7) is 0.975. The first-order valence-corrected chi connectivity index (χ1v) is 6.65. The van der Waals surface area contributed by atoms with Gasteiger partial charge in [0.05, 0.1) is 7.11 Å². The fourth-order valence-electron chi connectivity index (χ4n) is 2.45. The molecular formula is C15H15NO5. The fraction of sp³-hybridized carbons (Fsp3) is 0.333. The molecule has 1 amide bonds. The number of aliphatic hydroxyl groups excluding tert-OH is 1. The number of methoxy groups -OCH3 is 1. The summed E-state index contributed by atoms with van der Waals surface area (Å²) in [5.74, 6) is 0.188. The van der Waals surface area contributed by atoms with Crippen LogP contribution in [-0.4, -0.2) is 42.7 Å². The Morgan fingerprint density at radius 3 is 2.90 bits per heavy atom. The average Bonchev–Trinajstić information content (AvgIpc) is 2.44. The van der Waals surface area contributed by atoms with Crippen LogP contribution in [0.4, 0.5) is 0 Å². The van der Waals surface area contributed by atoms with Gasteiger partial charge in [-0.2, -0.15) is 0 Å². The molecule has 0 saturated carbocycles. The largest absolute Gasteiger partial charge is 0.493 e. The molecule has 0 radical (unpaired) electrons. The van der Waals surface area contributed by atoms with Gasteiger partial charge < -0.3 is 19.2 Å². The van der Waals surface area contributed by atoms with E-state index in [0.29, 0.717) is 29.8 Å². The molecule has 0 bridgehead atoms. The molecule has 2 aromatic rings. The van der Waals surface area contributed by atoms with E-state index in [-0.39, 0.29) is 24.0 Å². The summed E-state index contributed by atoms with van der Waals surface area (Å²) >= 11 is 0. The summed E-state index contributed by atoms with van der Waals surface area (Å²) in [5, 5.41) is 9.61. The Morgan fingerprint density at radius 1 is 1.48 bits per heavy atom. The van der Waals surface area contributed by atoms with Crippen molar-refractivity contribution in [2.45, 2.75) is 0 Å². The molecule has 1 N–H and O–H groups in total. The minimum absolute atomic E-state index is 0.00661. The normalized spacial score (nSPS) is 15.0. The lowest BCUT2D eigenvalue weighted by Gasteiger charge is -2.37. The van der Waals surface area contributed by atoms with Crippen LogP contribution in [0.1, 0.15) is 10.4 Å². The maximum atomic E-state index is 12.3. The molecule has 0 spiro atoms. The van der Waals surface area contributed by atoms with E-state index in [2.05, 4.69) is 0 Å². The van der Waals surface area contributed by atoms with Crippen molar-refractivity contribution in [3.05, 3.63) is 40.2 Å². The van der Waals surface area contributed by atoms with E-state index in [1.807, 2.05) is 0 Å². The first-order valence-electron chi connectivity index (χ1n) is 6.65. The zero-order valence-electron chi connectivity index (χ0n) is 11.5. The Morgan fingerprint density at radius 2 is 2.24 bits per heavy atom. The van der Waals surface area contributed by atoms with Gasteiger partial charge in [-0.3, -0.25) is 4.79 Å². The van der Waals surface area contributed by atoms with Crippen LogP contribution in [0.25, 0.3) is 11.0 Å². The Balaban J connectivity index is 1.98. The van der Waals surface area contributed by atoms with Gasteiger partial charge in [-0.15, -0.1) is 0 Å². The molecule has 6 heteroatoms. The molecule has 1 aliphatic rings. The molecule has 1 fully saturated rings. The van der Waals surface area contributed by atoms with Crippen LogP contribution in [0.5, 0.6) is 5.75 Å². The summed E-state index contributed by atoms with van der Waals surface area (Å²) in [4.78, 5) is 25.8. The second-order valence-corrected chi connectivity index (χ2v) is 5.08. The third-order valence-electron chi connectivity index (χ3n) is 3.68. The van der Waals surface area contributed by atoms with Crippen LogP contribution in [0, 0.1) is 5.92 Å². The van der Waals surface area contributed by atoms with Crippen molar-refractivity contribution >= 4 is 16.9 Å². The highest BCUT2D eigenvalue weighted by Gasteiger charge is 2.32. The van der Waals surface area contributed by atoms with Crippen molar-refractivity contribution in [2.75, 3.05) is 26.8 Å². The predicted molar refractivity (Wildman–Crippen MR) is 75.5 cm³/mol. The van der Waals surface area contributed by atoms with Crippen LogP contribution >= 0.6 is 0 Å². The Kier molecular flexibility index (Phi) is 3.39. The number of para-hydroxylation sites is 1. The van der Waals surface area contributed by atoms with Crippen LogP contribution in [0.3, 0.4) is 0 Å². The van der Waals surface area contributed by atoms with Gasteiger partial charge >= 0.3 is 5.63 Å². The SMILES string of the molecule is COc1cccc2cc(C(=O)N3CC(CO)C3)c(=O)oc12. The summed E-state index contributed by atoms with van der Waals surface area (Å²) in [6.07, 6.45) is 0. The maximum Gasteiger partial charge on any atom is 0.349 e. The number of hydrogen-bond donors (Lipinski definition) is 1. The molecule has 1 saturated heterocycles. The summed E-state index contributed by atoms with van der Waals surface area (Å²) in [7, 11) is 1.49. The smallest absolute Gasteiger partial charge is 0.349 e. The molecule has 2 heterocycles. The highest BCUT2D eigenvalue weighted by atomic mass is 16.5. The quantitative estimate of drug-likeness (QED) is 0.848. The number of amides is 1. The van der Waals surface area contributed by atoms with Gasteiger partial charge in [-0.1, -0.05) is 12.1 Å². The number of carbonyl (C=O) groups is 1. The number of rotatable bonds is 3. The average molecular weight is 289 g/mol. The molecule has 3 rings (SSSR count). The van der Waals surface area contributed by atoms with Crippen molar-refractivity contribution in [3.8, 4) is 5.75 Å². The number of hydrogen-bond acceptors (Lipinski definition) is 5. The molecule has 1 aromatic carbocycles. The topological polar surface area (TPSA) is 80.0 Å². The third-order valence-corrected chi connectivity index (χ3v) is 3.68. The monoisotopic (exact) mass is 289 g/mol. The maximum absolute atomic E-state index is 12.3. The summed E-state index contributed by atoms with van der Waals surface area (Å²) in [5.41, 5.74) is -0.338. The van der Waals surface area contributed by atoms with Gasteiger partial charge in [0.2, 0.25) is 0 Å². The van der Waals surface area contributed by atoms with Crippen LogP contribution < -0.4 is 10.4 Å². The number of ether oxygens (including phenoxy) is 1. The van der Waals surface area contributed by atoms with Crippen molar-refractivity contribution in [2.24, 2.45) is 5.92 Å². The first kappa shape index (κ1) is 13.6. The first-order chi connectivity index (χ1) is 10.1. The van der Waals surface area contributed by atoms with Crippen molar-refractivity contribution in [3.63, 3.8) is 0 Å². The molecular weight excluding hydrogens is 274 g/mol. The lowest BCUT2D eigenvalue weighted by molar-refractivity contribution is 0.0358. The summed E-state index contributed by atoms with van der Waals surface area (Å²) < 4.78 is 10.4. The number of benzene rings is 1. The van der Waals surface area contributed by atoms with Crippen molar-refractivity contribution in [1.82, 2.24) is 4.90 Å². The van der Waals surface area contributed by atoms with Gasteiger partial charge in [0.25, 0.3) is 5.91 Å². The highest BCUT2D eigenvalue weighted by Crippen LogP contribution is 2.25. The second kappa shape index (κ2) is 5.21. The van der Waals surface area contributed by atoms with Crippen molar-refractivity contribution < 1.29 is 19.1 Å². The fourth-order valence-corrected chi connectivity index (χ4v) is 2.45. The van der Waals surface area contributed by atoms with E-state index in [0.717, 1.165) is 0 Å². The van der Waals surface area contributed by atoms with Crippen molar-refractivity contribution in [1.29, 1.82) is 0 Å². The molecule has 0 atom stereocenters. The Hall–Kier alpha value is -2.34. The predicted octanol–water partition coefficient (Wildman–Crippen LogP) is 0.866. The van der Waals surface area contributed by atoms with E-state index in [1.54, 1.807) is 18.2 Å². The van der Waals surface area contributed by atoms with E-state index in [4.69, 9.17) is 14.3 Å². The Labute approximate surface area is 120 Å². The minimum atomic E-state index is -0.676. The molecule has 1 aliphatic heterocycles. The number of aliphatic hydroxyl groups is 1. The van der Waals surface area contributed by atoms with Crippen LogP contribution in [0.15, 0.2) is 33.5 Å². The highest BCUT2D eigenvalue weighted by molar-refractivity contribution is 5.97. The van der Waals surface area contributed by atoms with Crippen LogP contribution in [-0.2, 0) is 0 Å². The number of carbonyl (C=O) groups excluding carboxylic acids is 1. The molecule has 0 unspecified atom stereocenters. The molecule has 1 aromatic heterocycles. The molecule has 6 nitrogen and oxygen atoms in total. The van der Waals surface area contributed by atoms with E-state index in [1.165, 1.54) is 18.1 Å². The van der Waals surface area contributed by atoms with Gasteiger partial charge in [0.1, 0.15) is 5.56 Å². The molecule has 0 aliphatic carbocycles. The summed E-state index contributed by atoms with van der Waals surface area (Å²) in [6, 6.07) is 6.73. The molecule has 110 valence electrons. The van der Waals surface area contributed by atoms with E-state index in [9.17, 15) is 9.59 Å². The van der Waals surface area contributed by atoms with E-state index >= 15 is 0 Å². The number of nitrogens with zero attached hydrogens (tertiary/aromatic N) is 1. The Bertz CT molecular complexity index is 745. The zero-order chi connectivity index (χ0) is 15.0. The zero-order valence-corrected chi connectivity index (χ0v) is 11.5. The van der Waals surface area contributed by atoms with E-state index < -0.39 is 5.63 Å². The lowest BCUT2D eigenvalue weighted by atomic mass is 10.00. The minimum Gasteiger partial charge on any atom is -0.493 e. The number of likely N-dealkylation sites (tertiary alicyclic amines) is 1. The van der Waals surface area contributed by atoms with Crippen LogP contribution in [0.2, 0.25) is 0 Å². The molecule has 21 heavy (non-hydrogen) atoms. The van der Waals surface area contributed by atoms with Gasteiger partial charge in [0, 0.05) is 31.0 Å². The lowest BCUT2D eigenvalue weighted by Crippen LogP contribution is -2.52. The van der Waals surface area contributed by atoms with Gasteiger partial charge in [0.15, 0.2) is 11.3 Å².